The van der Waals surface area contributed by atoms with Crippen LogP contribution in [0.15, 0.2) is 52.9 Å². The first-order valence-corrected chi connectivity index (χ1v) is 13.8. The molecule has 0 amide bonds. The standard InChI is InChI=1S/C28H32N4O3S2/c1-17(30-27-21-14-23(34-6)24(35-7)15-22(21)31-18(2)32-27)25-12-13-26(36-25)20-11-9-8-10-19(20)16-29-37(33)28(3,4)5/h8-17H,1-7H3,(H,30,31,32). The van der Waals surface area contributed by atoms with Crippen LogP contribution in [-0.2, 0) is 11.0 Å². The molecule has 9 heteroatoms. The van der Waals surface area contributed by atoms with E-state index in [9.17, 15) is 4.21 Å². The van der Waals surface area contributed by atoms with Crippen LogP contribution < -0.4 is 14.8 Å². The lowest BCUT2D eigenvalue weighted by Crippen LogP contribution is -2.19. The number of hydrogen-bond acceptors (Lipinski definition) is 7. The molecule has 0 fully saturated rings. The van der Waals surface area contributed by atoms with Crippen molar-refractivity contribution < 1.29 is 13.7 Å². The second kappa shape index (κ2) is 11.0. The number of nitrogens with one attached hydrogen (secondary N) is 1. The molecule has 0 aliphatic heterocycles. The van der Waals surface area contributed by atoms with Gasteiger partial charge in [-0.1, -0.05) is 24.3 Å². The summed E-state index contributed by atoms with van der Waals surface area (Å²) in [5.74, 6) is 2.66. The van der Waals surface area contributed by atoms with Crippen molar-refractivity contribution in [2.45, 2.75) is 45.4 Å². The average Bonchev–Trinajstić information content (AvgIpc) is 3.36. The summed E-state index contributed by atoms with van der Waals surface area (Å²) in [5.41, 5.74) is 2.78. The van der Waals surface area contributed by atoms with Gasteiger partial charge in [-0.15, -0.1) is 11.3 Å². The second-order valence-electron chi connectivity index (χ2n) is 9.60. The molecule has 2 aromatic carbocycles. The minimum Gasteiger partial charge on any atom is -0.493 e. The normalized spacial score (nSPS) is 13.6. The fourth-order valence-corrected chi connectivity index (χ4v) is 5.37. The van der Waals surface area contributed by atoms with Gasteiger partial charge in [0.15, 0.2) is 11.5 Å². The summed E-state index contributed by atoms with van der Waals surface area (Å²) in [6.45, 7) is 9.74. The third-order valence-corrected chi connectivity index (χ3v) is 8.40. The number of methoxy groups -OCH3 is 2. The molecule has 2 aromatic heterocycles. The van der Waals surface area contributed by atoms with E-state index in [2.05, 4.69) is 44.8 Å². The maximum atomic E-state index is 12.4. The summed E-state index contributed by atoms with van der Waals surface area (Å²) in [7, 11) is 1.92. The van der Waals surface area contributed by atoms with Crippen LogP contribution in [0.2, 0.25) is 0 Å². The number of rotatable bonds is 8. The smallest absolute Gasteiger partial charge is 0.162 e. The summed E-state index contributed by atoms with van der Waals surface area (Å²) in [4.78, 5) is 11.5. The van der Waals surface area contributed by atoms with Crippen LogP contribution in [0.25, 0.3) is 21.3 Å². The molecular formula is C28H32N4O3S2. The molecule has 4 aromatic rings. The van der Waals surface area contributed by atoms with Gasteiger partial charge in [0.1, 0.15) is 22.6 Å². The molecule has 2 unspecified atom stereocenters. The number of nitrogens with zero attached hydrogens (tertiary/aromatic N) is 3. The zero-order valence-corrected chi connectivity index (χ0v) is 23.8. The quantitative estimate of drug-likeness (QED) is 0.251. The number of thiophene rings is 1. The van der Waals surface area contributed by atoms with E-state index < -0.39 is 15.7 Å². The van der Waals surface area contributed by atoms with Crippen LogP contribution >= 0.6 is 11.3 Å². The van der Waals surface area contributed by atoms with Crippen LogP contribution in [0, 0.1) is 6.92 Å². The maximum Gasteiger partial charge on any atom is 0.162 e. The molecule has 7 nitrogen and oxygen atoms in total. The Morgan fingerprint density at radius 2 is 1.76 bits per heavy atom. The Bertz CT molecular complexity index is 1470. The van der Waals surface area contributed by atoms with Gasteiger partial charge in [0, 0.05) is 38.5 Å². The minimum atomic E-state index is -1.31. The van der Waals surface area contributed by atoms with Gasteiger partial charge in [-0.2, -0.15) is 4.40 Å². The highest BCUT2D eigenvalue weighted by molar-refractivity contribution is 7.85. The predicted octanol–water partition coefficient (Wildman–Crippen LogP) is 6.74. The van der Waals surface area contributed by atoms with E-state index >= 15 is 0 Å². The van der Waals surface area contributed by atoms with Crippen molar-refractivity contribution in [3.05, 3.63) is 64.8 Å². The van der Waals surface area contributed by atoms with Gasteiger partial charge in [-0.25, -0.2) is 14.2 Å². The summed E-state index contributed by atoms with van der Waals surface area (Å²) in [6, 6.07) is 16.0. The second-order valence-corrected chi connectivity index (χ2v) is 12.6. The number of hydrogen-bond donors (Lipinski definition) is 1. The Kier molecular flexibility index (Phi) is 7.94. The molecule has 2 heterocycles. The van der Waals surface area contributed by atoms with Gasteiger partial charge in [0.05, 0.1) is 30.5 Å². The highest BCUT2D eigenvalue weighted by Crippen LogP contribution is 2.37. The maximum absolute atomic E-state index is 12.4. The third-order valence-electron chi connectivity index (χ3n) is 5.76. The molecule has 0 aliphatic rings. The van der Waals surface area contributed by atoms with Crippen LogP contribution in [-0.4, -0.2) is 39.4 Å². The zero-order chi connectivity index (χ0) is 26.7. The lowest BCUT2D eigenvalue weighted by Gasteiger charge is -2.16. The fourth-order valence-electron chi connectivity index (χ4n) is 3.79. The molecule has 0 bridgehead atoms. The van der Waals surface area contributed by atoms with Crippen molar-refractivity contribution in [3.63, 3.8) is 0 Å². The lowest BCUT2D eigenvalue weighted by molar-refractivity contribution is 0.356. The predicted molar refractivity (Wildman–Crippen MR) is 155 cm³/mol. The highest BCUT2D eigenvalue weighted by Gasteiger charge is 2.19. The molecule has 0 spiro atoms. The number of benzene rings is 2. The van der Waals surface area contributed by atoms with Crippen LogP contribution in [0.3, 0.4) is 0 Å². The Morgan fingerprint density at radius 3 is 2.46 bits per heavy atom. The topological polar surface area (TPSA) is 85.7 Å². The summed E-state index contributed by atoms with van der Waals surface area (Å²) in [5, 5.41) is 4.42. The number of anilines is 1. The number of aryl methyl sites for hydroxylation is 1. The van der Waals surface area contributed by atoms with E-state index in [1.165, 1.54) is 0 Å². The minimum absolute atomic E-state index is 0.00132. The SMILES string of the molecule is COc1cc2nc(C)nc(NC(C)c3ccc(-c4ccccc4C=NS(=O)C(C)(C)C)s3)c2cc1OC. The van der Waals surface area contributed by atoms with E-state index in [0.717, 1.165) is 37.6 Å². The molecule has 37 heavy (non-hydrogen) atoms. The summed E-state index contributed by atoms with van der Waals surface area (Å²) < 4.78 is 27.3. The van der Waals surface area contributed by atoms with Crippen molar-refractivity contribution >= 4 is 45.3 Å². The average molecular weight is 537 g/mol. The third kappa shape index (κ3) is 5.99. The first kappa shape index (κ1) is 26.8. The summed E-state index contributed by atoms with van der Waals surface area (Å²) >= 11 is 1.70. The Labute approximate surface area is 224 Å². The molecule has 2 atom stereocenters. The van der Waals surface area contributed by atoms with Gasteiger partial charge in [0.25, 0.3) is 0 Å². The largest absolute Gasteiger partial charge is 0.493 e. The van der Waals surface area contributed by atoms with E-state index in [4.69, 9.17) is 9.47 Å². The van der Waals surface area contributed by atoms with Gasteiger partial charge >= 0.3 is 0 Å². The zero-order valence-electron chi connectivity index (χ0n) is 22.2. The first-order chi connectivity index (χ1) is 17.6. The number of aromatic nitrogens is 2. The van der Waals surface area contributed by atoms with Crippen LogP contribution in [0.5, 0.6) is 11.5 Å². The molecule has 0 saturated carbocycles. The summed E-state index contributed by atoms with van der Waals surface area (Å²) in [6.07, 6.45) is 1.72. The van der Waals surface area contributed by atoms with Crippen molar-refractivity contribution in [3.8, 4) is 21.9 Å². The molecule has 0 radical (unpaired) electrons. The number of fused-ring (bicyclic) bond motifs is 1. The van der Waals surface area contributed by atoms with Gasteiger partial charge in [0.2, 0.25) is 0 Å². The van der Waals surface area contributed by atoms with Crippen molar-refractivity contribution in [2.24, 2.45) is 4.40 Å². The van der Waals surface area contributed by atoms with Gasteiger partial charge in [-0.3, -0.25) is 0 Å². The number of ether oxygens (including phenoxy) is 2. The van der Waals surface area contributed by atoms with Crippen molar-refractivity contribution in [2.75, 3.05) is 19.5 Å². The van der Waals surface area contributed by atoms with Gasteiger partial charge < -0.3 is 14.8 Å². The van der Waals surface area contributed by atoms with Crippen molar-refractivity contribution in [1.29, 1.82) is 0 Å². The molecule has 0 aliphatic carbocycles. The fraction of sp³-hybridized carbons (Fsp3) is 0.321. The highest BCUT2D eigenvalue weighted by atomic mass is 32.2. The molecule has 194 valence electrons. The van der Waals surface area contributed by atoms with Crippen molar-refractivity contribution in [1.82, 2.24) is 9.97 Å². The van der Waals surface area contributed by atoms with Crippen LogP contribution in [0.4, 0.5) is 5.82 Å². The van der Waals surface area contributed by atoms with E-state index in [1.807, 2.05) is 58.0 Å². The monoisotopic (exact) mass is 536 g/mol. The first-order valence-electron chi connectivity index (χ1n) is 11.9. The van der Waals surface area contributed by atoms with E-state index in [1.54, 1.807) is 31.8 Å². The Hall–Kier alpha value is -3.30. The Balaban J connectivity index is 1.63. The molecule has 4 rings (SSSR count). The van der Waals surface area contributed by atoms with Crippen LogP contribution in [0.1, 0.15) is 50.0 Å². The molecule has 0 saturated heterocycles. The van der Waals surface area contributed by atoms with E-state index in [-0.39, 0.29) is 6.04 Å². The van der Waals surface area contributed by atoms with E-state index in [0.29, 0.717) is 17.3 Å². The molecular weight excluding hydrogens is 504 g/mol. The van der Waals surface area contributed by atoms with Gasteiger partial charge in [-0.05, 0) is 52.8 Å². The Morgan fingerprint density at radius 1 is 1.05 bits per heavy atom. The lowest BCUT2D eigenvalue weighted by atomic mass is 10.1. The molecule has 1 N–H and O–H groups in total.